The zero-order valence-electron chi connectivity index (χ0n) is 25.0. The van der Waals surface area contributed by atoms with Crippen LogP contribution in [0.5, 0.6) is 5.75 Å². The van der Waals surface area contributed by atoms with Crippen LogP contribution < -0.4 is 4.90 Å². The van der Waals surface area contributed by atoms with Gasteiger partial charge in [-0.15, -0.1) is 0 Å². The van der Waals surface area contributed by atoms with Crippen molar-refractivity contribution in [3.8, 4) is 5.75 Å². The summed E-state index contributed by atoms with van der Waals surface area (Å²) in [6.07, 6.45) is 5.05. The number of hydrogen-bond donors (Lipinski definition) is 2. The second-order valence-electron chi connectivity index (χ2n) is 12.0. The number of phenolic OH excluding ortho intramolecular Hbond substituents is 1. The summed E-state index contributed by atoms with van der Waals surface area (Å²) >= 11 is 0. The van der Waals surface area contributed by atoms with Crippen molar-refractivity contribution in [2.45, 2.75) is 51.5 Å². The largest absolute Gasteiger partial charge is 0.508 e. The second-order valence-corrected chi connectivity index (χ2v) is 12.0. The quantitative estimate of drug-likeness (QED) is 0.0718. The standard InChI is InChI=1S/C35H35BN2O7/c1-2-7-25-19-29-33(35(41)37(34(29)40)26-10-6-11-27(20-26)38(43)44)30-21-36(42)45-31(32(25)30)17-14-24(23-8-4-3-5-9-23)18-22-12-15-28(39)16-13-22/h3-6,8-13,15-16,18,20,29-31,33,39,42H,2,7,14,17,19,21H2,1H3/b24-18-/t29-,30+,31-,33-/m1/s1. The van der Waals surface area contributed by atoms with Gasteiger partial charge in [-0.3, -0.25) is 19.7 Å². The number of hydrogen-bond acceptors (Lipinski definition) is 7. The number of amides is 2. The number of nitro groups is 1. The fourth-order valence-corrected chi connectivity index (χ4v) is 7.31. The molecule has 2 fully saturated rings. The van der Waals surface area contributed by atoms with Crippen LogP contribution in [0, 0.1) is 27.9 Å². The van der Waals surface area contributed by atoms with Gasteiger partial charge >= 0.3 is 7.12 Å². The van der Waals surface area contributed by atoms with Crippen molar-refractivity contribution in [1.82, 2.24) is 0 Å². The molecule has 0 radical (unpaired) electrons. The Bertz CT molecular complexity index is 1670. The molecule has 10 heteroatoms. The van der Waals surface area contributed by atoms with Gasteiger partial charge in [0.2, 0.25) is 11.8 Å². The van der Waals surface area contributed by atoms with E-state index in [9.17, 15) is 29.8 Å². The topological polar surface area (TPSA) is 130 Å². The number of benzene rings is 3. The molecule has 0 unspecified atom stereocenters. The highest BCUT2D eigenvalue weighted by Gasteiger charge is 2.57. The van der Waals surface area contributed by atoms with Crippen LogP contribution in [0.4, 0.5) is 11.4 Å². The molecule has 0 saturated carbocycles. The molecular formula is C35H35BN2O7. The van der Waals surface area contributed by atoms with Gasteiger partial charge < -0.3 is 14.8 Å². The molecule has 3 aliphatic rings. The Balaban J connectivity index is 1.32. The van der Waals surface area contributed by atoms with E-state index in [0.29, 0.717) is 19.3 Å². The maximum absolute atomic E-state index is 14.0. The van der Waals surface area contributed by atoms with Gasteiger partial charge in [-0.2, -0.15) is 0 Å². The number of carbonyl (C=O) groups excluding carboxylic acids is 2. The molecule has 6 rings (SSSR count). The summed E-state index contributed by atoms with van der Waals surface area (Å²) in [6.45, 7) is 2.08. The molecule has 0 bridgehead atoms. The Labute approximate surface area is 262 Å². The van der Waals surface area contributed by atoms with E-state index >= 15 is 0 Å². The van der Waals surface area contributed by atoms with E-state index in [4.69, 9.17) is 4.65 Å². The summed E-state index contributed by atoms with van der Waals surface area (Å²) in [5.41, 5.74) is 5.18. The molecular weight excluding hydrogens is 571 g/mol. The maximum atomic E-state index is 14.0. The van der Waals surface area contributed by atoms with Crippen LogP contribution in [0.25, 0.3) is 11.6 Å². The third-order valence-electron chi connectivity index (χ3n) is 9.21. The number of non-ortho nitro benzene ring substituents is 1. The van der Waals surface area contributed by atoms with Crippen LogP contribution in [0.2, 0.25) is 6.32 Å². The highest BCUT2D eigenvalue weighted by molar-refractivity contribution is 6.43. The molecule has 2 amide bonds. The average Bonchev–Trinajstić information content (AvgIpc) is 3.29. The number of fused-ring (bicyclic) bond motifs is 3. The number of anilines is 1. The molecule has 4 atom stereocenters. The predicted octanol–water partition coefficient (Wildman–Crippen LogP) is 6.42. The van der Waals surface area contributed by atoms with Gasteiger partial charge in [0.15, 0.2) is 0 Å². The van der Waals surface area contributed by atoms with Crippen LogP contribution in [-0.2, 0) is 14.2 Å². The van der Waals surface area contributed by atoms with Gasteiger partial charge in [-0.1, -0.05) is 73.5 Å². The van der Waals surface area contributed by atoms with E-state index in [0.717, 1.165) is 45.6 Å². The molecule has 2 saturated heterocycles. The summed E-state index contributed by atoms with van der Waals surface area (Å²) in [5.74, 6) is -2.17. The van der Waals surface area contributed by atoms with Crippen molar-refractivity contribution in [1.29, 1.82) is 0 Å². The summed E-state index contributed by atoms with van der Waals surface area (Å²) in [7, 11) is -1.10. The van der Waals surface area contributed by atoms with Crippen molar-refractivity contribution in [2.75, 3.05) is 4.90 Å². The SMILES string of the molecule is CCCC1=C2[C@@H](CC/C(=C/c3ccc(O)cc3)c3ccccc3)OB(O)C[C@@H]2[C@@H]2C(=O)N(c3cccc([N+](=O)[O-])c3)C(=O)[C@@H]2C1. The summed E-state index contributed by atoms with van der Waals surface area (Å²) in [6, 6.07) is 22.7. The lowest BCUT2D eigenvalue weighted by molar-refractivity contribution is -0.384. The number of nitrogens with zero attached hydrogens (tertiary/aromatic N) is 2. The number of rotatable bonds is 9. The minimum absolute atomic E-state index is 0.190. The molecule has 2 heterocycles. The zero-order chi connectivity index (χ0) is 31.7. The smallest absolute Gasteiger partial charge is 0.455 e. The van der Waals surface area contributed by atoms with E-state index in [1.54, 1.807) is 18.2 Å². The van der Waals surface area contributed by atoms with E-state index in [1.807, 2.05) is 42.5 Å². The number of imide groups is 1. The number of nitro benzene ring substituents is 1. The van der Waals surface area contributed by atoms with Crippen molar-refractivity contribution in [2.24, 2.45) is 17.8 Å². The fraction of sp³-hybridized carbons (Fsp3) is 0.314. The first-order valence-corrected chi connectivity index (χ1v) is 15.5. The Kier molecular flexibility index (Phi) is 8.69. The van der Waals surface area contributed by atoms with Gasteiger partial charge in [-0.05, 0) is 78.4 Å². The van der Waals surface area contributed by atoms with E-state index in [2.05, 4.69) is 13.0 Å². The Morgan fingerprint density at radius 3 is 2.51 bits per heavy atom. The second kappa shape index (κ2) is 12.8. The number of phenols is 1. The lowest BCUT2D eigenvalue weighted by atomic mass is 9.58. The van der Waals surface area contributed by atoms with E-state index in [-0.39, 0.29) is 41.2 Å². The zero-order valence-corrected chi connectivity index (χ0v) is 25.0. The molecule has 9 nitrogen and oxygen atoms in total. The molecule has 0 spiro atoms. The van der Waals surface area contributed by atoms with Gasteiger partial charge in [0.05, 0.1) is 28.6 Å². The van der Waals surface area contributed by atoms with Gasteiger partial charge in [0.25, 0.3) is 5.69 Å². The highest BCUT2D eigenvalue weighted by atomic mass is 16.6. The molecule has 3 aromatic carbocycles. The Hall–Kier alpha value is -4.54. The third-order valence-corrected chi connectivity index (χ3v) is 9.21. The lowest BCUT2D eigenvalue weighted by Crippen LogP contribution is -2.46. The van der Waals surface area contributed by atoms with Gasteiger partial charge in [0.1, 0.15) is 5.75 Å². The summed E-state index contributed by atoms with van der Waals surface area (Å²) in [5, 5.41) is 32.1. The molecule has 230 valence electrons. The molecule has 2 N–H and O–H groups in total. The van der Waals surface area contributed by atoms with Gasteiger partial charge in [0, 0.05) is 12.1 Å². The van der Waals surface area contributed by atoms with Crippen LogP contribution in [-0.4, -0.2) is 40.1 Å². The number of allylic oxidation sites excluding steroid dienone is 2. The molecule has 1 aliphatic carbocycles. The van der Waals surface area contributed by atoms with Crippen molar-refractivity contribution >= 4 is 42.0 Å². The molecule has 2 aliphatic heterocycles. The van der Waals surface area contributed by atoms with Crippen LogP contribution in [0.1, 0.15) is 50.2 Å². The van der Waals surface area contributed by atoms with E-state index < -0.39 is 30.0 Å². The third kappa shape index (κ3) is 6.08. The van der Waals surface area contributed by atoms with Gasteiger partial charge in [-0.25, -0.2) is 4.90 Å². The first kappa shape index (κ1) is 30.5. The normalized spacial score (nSPS) is 23.3. The van der Waals surface area contributed by atoms with Crippen molar-refractivity contribution in [3.05, 3.63) is 111 Å². The lowest BCUT2D eigenvalue weighted by Gasteiger charge is -2.43. The first-order valence-electron chi connectivity index (χ1n) is 15.5. The number of aromatic hydroxyl groups is 1. The van der Waals surface area contributed by atoms with Crippen LogP contribution in [0.3, 0.4) is 0 Å². The Morgan fingerprint density at radius 1 is 1.04 bits per heavy atom. The average molecular weight is 606 g/mol. The van der Waals surface area contributed by atoms with Crippen LogP contribution in [0.15, 0.2) is 90.0 Å². The number of carbonyl (C=O) groups is 2. The highest BCUT2D eigenvalue weighted by Crippen LogP contribution is 2.52. The maximum Gasteiger partial charge on any atom is 0.455 e. The molecule has 45 heavy (non-hydrogen) atoms. The van der Waals surface area contributed by atoms with Crippen molar-refractivity contribution in [3.63, 3.8) is 0 Å². The predicted molar refractivity (Wildman–Crippen MR) is 172 cm³/mol. The fourth-order valence-electron chi connectivity index (χ4n) is 7.31. The summed E-state index contributed by atoms with van der Waals surface area (Å²) < 4.78 is 6.20. The van der Waals surface area contributed by atoms with Crippen molar-refractivity contribution < 1.29 is 29.3 Å². The molecule has 3 aromatic rings. The minimum Gasteiger partial charge on any atom is -0.508 e. The minimum atomic E-state index is -1.10. The first-order chi connectivity index (χ1) is 21.7. The monoisotopic (exact) mass is 606 g/mol. The van der Waals surface area contributed by atoms with E-state index in [1.165, 1.54) is 18.2 Å². The van der Waals surface area contributed by atoms with Crippen LogP contribution >= 0.6 is 0 Å². The molecule has 0 aromatic heterocycles. The summed E-state index contributed by atoms with van der Waals surface area (Å²) in [4.78, 5) is 39.8. The Morgan fingerprint density at radius 2 is 1.80 bits per heavy atom.